The molecule has 0 fully saturated rings. The standard InChI is InChI=1S/C19H19N5O2S/c1-12(11-25)21-18-20-7-6-15(22-18)17-16(23-19-24(17)8-9-27-19)13-4-3-5-14(10-13)26-2/h3-10,12,25H,11H2,1-2H3,(H,20,21,22). The molecular weight excluding hydrogens is 362 g/mol. The van der Waals surface area contributed by atoms with Crippen molar-refractivity contribution in [2.75, 3.05) is 19.0 Å². The van der Waals surface area contributed by atoms with Gasteiger partial charge in [0.05, 0.1) is 25.1 Å². The Bertz CT molecular complexity index is 1070. The number of hydrogen-bond donors (Lipinski definition) is 2. The van der Waals surface area contributed by atoms with E-state index < -0.39 is 0 Å². The number of hydrogen-bond acceptors (Lipinski definition) is 7. The van der Waals surface area contributed by atoms with E-state index in [-0.39, 0.29) is 12.6 Å². The lowest BCUT2D eigenvalue weighted by molar-refractivity contribution is 0.281. The molecule has 138 valence electrons. The summed E-state index contributed by atoms with van der Waals surface area (Å²) < 4.78 is 7.39. The molecule has 2 N–H and O–H groups in total. The van der Waals surface area contributed by atoms with Crippen LogP contribution in [-0.4, -0.2) is 44.2 Å². The van der Waals surface area contributed by atoms with E-state index in [0.29, 0.717) is 5.95 Å². The number of rotatable bonds is 6. The van der Waals surface area contributed by atoms with Crippen LogP contribution in [0.25, 0.3) is 27.6 Å². The minimum atomic E-state index is -0.135. The topological polar surface area (TPSA) is 84.6 Å². The number of ether oxygens (including phenoxy) is 1. The Hall–Kier alpha value is -2.97. The van der Waals surface area contributed by atoms with Gasteiger partial charge in [-0.1, -0.05) is 12.1 Å². The monoisotopic (exact) mass is 381 g/mol. The molecule has 0 saturated heterocycles. The van der Waals surface area contributed by atoms with Crippen LogP contribution in [0.5, 0.6) is 5.75 Å². The molecule has 3 aromatic heterocycles. The van der Waals surface area contributed by atoms with Crippen LogP contribution < -0.4 is 10.1 Å². The first-order chi connectivity index (χ1) is 13.2. The largest absolute Gasteiger partial charge is 0.497 e. The van der Waals surface area contributed by atoms with E-state index >= 15 is 0 Å². The first-order valence-electron chi connectivity index (χ1n) is 8.50. The second-order valence-corrected chi connectivity index (χ2v) is 6.96. The summed E-state index contributed by atoms with van der Waals surface area (Å²) in [6.07, 6.45) is 3.69. The van der Waals surface area contributed by atoms with Crippen molar-refractivity contribution < 1.29 is 9.84 Å². The van der Waals surface area contributed by atoms with E-state index in [1.807, 2.05) is 53.2 Å². The SMILES string of the molecule is COc1cccc(-c2nc3sccn3c2-c2ccnc(NC(C)CO)n2)c1. The lowest BCUT2D eigenvalue weighted by Crippen LogP contribution is -2.20. The van der Waals surface area contributed by atoms with Crippen LogP contribution in [0.2, 0.25) is 0 Å². The summed E-state index contributed by atoms with van der Waals surface area (Å²) in [5.41, 5.74) is 3.43. The van der Waals surface area contributed by atoms with Gasteiger partial charge < -0.3 is 15.2 Å². The number of nitrogens with one attached hydrogen (secondary N) is 1. The maximum Gasteiger partial charge on any atom is 0.223 e. The molecule has 0 aliphatic heterocycles. The first kappa shape index (κ1) is 17.4. The zero-order valence-electron chi connectivity index (χ0n) is 15.0. The summed E-state index contributed by atoms with van der Waals surface area (Å²) >= 11 is 1.57. The molecule has 0 aliphatic carbocycles. The Labute approximate surface area is 160 Å². The minimum absolute atomic E-state index is 0.00407. The van der Waals surface area contributed by atoms with E-state index in [4.69, 9.17) is 9.72 Å². The highest BCUT2D eigenvalue weighted by molar-refractivity contribution is 7.15. The molecule has 27 heavy (non-hydrogen) atoms. The number of fused-ring (bicyclic) bond motifs is 1. The second kappa shape index (κ2) is 7.34. The highest BCUT2D eigenvalue weighted by Gasteiger charge is 2.19. The van der Waals surface area contributed by atoms with Gasteiger partial charge in [-0.3, -0.25) is 4.40 Å². The summed E-state index contributed by atoms with van der Waals surface area (Å²) in [7, 11) is 1.65. The molecule has 0 saturated carbocycles. The van der Waals surface area contributed by atoms with Crippen LogP contribution in [0.4, 0.5) is 5.95 Å². The Balaban J connectivity index is 1.86. The van der Waals surface area contributed by atoms with Gasteiger partial charge in [0.25, 0.3) is 0 Å². The summed E-state index contributed by atoms with van der Waals surface area (Å²) in [6.45, 7) is 1.87. The van der Waals surface area contributed by atoms with E-state index in [2.05, 4.69) is 15.3 Å². The zero-order chi connectivity index (χ0) is 18.8. The van der Waals surface area contributed by atoms with Crippen LogP contribution in [0.3, 0.4) is 0 Å². The van der Waals surface area contributed by atoms with Gasteiger partial charge in [0.15, 0.2) is 4.96 Å². The number of aliphatic hydroxyl groups excluding tert-OH is 1. The van der Waals surface area contributed by atoms with E-state index in [9.17, 15) is 5.11 Å². The van der Waals surface area contributed by atoms with Crippen molar-refractivity contribution in [3.05, 3.63) is 48.1 Å². The number of methoxy groups -OCH3 is 1. The van der Waals surface area contributed by atoms with Gasteiger partial charge in [0.2, 0.25) is 5.95 Å². The summed E-state index contributed by atoms with van der Waals surface area (Å²) in [6, 6.07) is 9.55. The third-order valence-corrected chi connectivity index (χ3v) is 4.91. The summed E-state index contributed by atoms with van der Waals surface area (Å²) in [5, 5.41) is 14.4. The number of imidazole rings is 1. The molecule has 0 spiro atoms. The fourth-order valence-electron chi connectivity index (χ4n) is 2.83. The Morgan fingerprint density at radius 1 is 1.30 bits per heavy atom. The molecule has 0 aliphatic rings. The molecule has 4 aromatic rings. The van der Waals surface area contributed by atoms with Gasteiger partial charge in [0.1, 0.15) is 11.4 Å². The van der Waals surface area contributed by atoms with Crippen LogP contribution >= 0.6 is 11.3 Å². The quantitative estimate of drug-likeness (QED) is 0.533. The Kier molecular flexibility index (Phi) is 4.74. The maximum atomic E-state index is 9.26. The van der Waals surface area contributed by atoms with Crippen molar-refractivity contribution in [3.63, 3.8) is 0 Å². The first-order valence-corrected chi connectivity index (χ1v) is 9.38. The van der Waals surface area contributed by atoms with Gasteiger partial charge >= 0.3 is 0 Å². The van der Waals surface area contributed by atoms with Crippen molar-refractivity contribution in [3.8, 4) is 28.4 Å². The molecule has 0 bridgehead atoms. The van der Waals surface area contributed by atoms with Crippen molar-refractivity contribution >= 4 is 22.2 Å². The van der Waals surface area contributed by atoms with Crippen LogP contribution in [0.1, 0.15) is 6.92 Å². The van der Waals surface area contributed by atoms with Gasteiger partial charge in [-0.25, -0.2) is 15.0 Å². The third-order valence-electron chi connectivity index (χ3n) is 4.15. The van der Waals surface area contributed by atoms with Crippen molar-refractivity contribution in [2.24, 2.45) is 0 Å². The normalized spacial score (nSPS) is 12.3. The number of aromatic nitrogens is 4. The minimum Gasteiger partial charge on any atom is -0.497 e. The highest BCUT2D eigenvalue weighted by atomic mass is 32.1. The van der Waals surface area contributed by atoms with E-state index in [0.717, 1.165) is 33.4 Å². The molecular formula is C19H19N5O2S. The predicted octanol–water partition coefficient (Wildman–Crippen LogP) is 3.32. The fraction of sp³-hybridized carbons (Fsp3) is 0.211. The molecule has 4 rings (SSSR count). The molecule has 1 aromatic carbocycles. The molecule has 7 nitrogen and oxygen atoms in total. The van der Waals surface area contributed by atoms with Gasteiger partial charge in [-0.05, 0) is 25.1 Å². The van der Waals surface area contributed by atoms with E-state index in [1.54, 1.807) is 24.6 Å². The number of benzene rings is 1. The average Bonchev–Trinajstić information content (AvgIpc) is 3.29. The average molecular weight is 381 g/mol. The lowest BCUT2D eigenvalue weighted by atomic mass is 10.1. The van der Waals surface area contributed by atoms with Gasteiger partial charge in [-0.15, -0.1) is 11.3 Å². The molecule has 1 atom stereocenters. The molecule has 0 amide bonds. The van der Waals surface area contributed by atoms with Crippen LogP contribution in [-0.2, 0) is 0 Å². The summed E-state index contributed by atoms with van der Waals surface area (Å²) in [5.74, 6) is 1.24. The molecule has 1 unspecified atom stereocenters. The van der Waals surface area contributed by atoms with Crippen molar-refractivity contribution in [1.82, 2.24) is 19.4 Å². The molecule has 3 heterocycles. The van der Waals surface area contributed by atoms with Crippen LogP contribution in [0, 0.1) is 0 Å². The van der Waals surface area contributed by atoms with Crippen molar-refractivity contribution in [1.29, 1.82) is 0 Å². The van der Waals surface area contributed by atoms with Crippen LogP contribution in [0.15, 0.2) is 48.1 Å². The Morgan fingerprint density at radius 2 is 2.19 bits per heavy atom. The number of nitrogens with zero attached hydrogens (tertiary/aromatic N) is 4. The van der Waals surface area contributed by atoms with Crippen molar-refractivity contribution in [2.45, 2.75) is 13.0 Å². The lowest BCUT2D eigenvalue weighted by Gasteiger charge is -2.11. The zero-order valence-corrected chi connectivity index (χ0v) is 15.8. The smallest absolute Gasteiger partial charge is 0.223 e. The van der Waals surface area contributed by atoms with E-state index in [1.165, 1.54) is 0 Å². The number of thiazole rings is 1. The second-order valence-electron chi connectivity index (χ2n) is 6.09. The molecule has 8 heteroatoms. The highest BCUT2D eigenvalue weighted by Crippen LogP contribution is 2.34. The summed E-state index contributed by atoms with van der Waals surface area (Å²) in [4.78, 5) is 14.6. The molecule has 0 radical (unpaired) electrons. The fourth-order valence-corrected chi connectivity index (χ4v) is 3.54. The van der Waals surface area contributed by atoms with Gasteiger partial charge in [-0.2, -0.15) is 0 Å². The van der Waals surface area contributed by atoms with Gasteiger partial charge in [0, 0.05) is 29.4 Å². The number of anilines is 1. The predicted molar refractivity (Wildman–Crippen MR) is 106 cm³/mol. The number of aliphatic hydroxyl groups is 1. The maximum absolute atomic E-state index is 9.26. The third kappa shape index (κ3) is 3.36. The Morgan fingerprint density at radius 3 is 3.00 bits per heavy atom.